The van der Waals surface area contributed by atoms with Crippen LogP contribution in [0.5, 0.6) is 0 Å². The predicted molar refractivity (Wildman–Crippen MR) is 232 cm³/mol. The Morgan fingerprint density at radius 1 is 0.327 bits per heavy atom. The van der Waals surface area contributed by atoms with Crippen LogP contribution in [-0.4, -0.2) is 9.97 Å². The number of hydrogen-bond acceptors (Lipinski definition) is 4. The standard InChI is InChI=1S/C51H32N2S2/c1-3-16-39(17-4-1)51(40-18-5-2-6-19-40)43-21-8-7-20-41(43)42-27-26-35(32-44(42)51)33-14-13-15-34(28-33)36-29-37(49-52-45-22-9-11-24-47(45)54-49)31-38(30-36)50-53-46-23-10-12-25-48(46)55-50/h1-32H. The molecule has 1 aliphatic carbocycles. The molecule has 10 aromatic rings. The van der Waals surface area contributed by atoms with Gasteiger partial charge < -0.3 is 0 Å². The molecule has 1 aliphatic rings. The third-order valence-corrected chi connectivity index (χ3v) is 13.2. The lowest BCUT2D eigenvalue weighted by Gasteiger charge is -2.34. The molecule has 55 heavy (non-hydrogen) atoms. The van der Waals surface area contributed by atoms with E-state index < -0.39 is 5.41 Å². The number of fused-ring (bicyclic) bond motifs is 5. The van der Waals surface area contributed by atoms with Gasteiger partial charge in [-0.05, 0) is 110 Å². The van der Waals surface area contributed by atoms with Crippen LogP contribution in [0.3, 0.4) is 0 Å². The zero-order valence-corrected chi connectivity index (χ0v) is 31.3. The summed E-state index contributed by atoms with van der Waals surface area (Å²) in [6, 6.07) is 70.7. The predicted octanol–water partition coefficient (Wildman–Crippen LogP) is 13.9. The molecule has 0 unspecified atom stereocenters. The molecule has 0 aliphatic heterocycles. The lowest BCUT2D eigenvalue weighted by atomic mass is 9.67. The van der Waals surface area contributed by atoms with Crippen molar-refractivity contribution in [2.45, 2.75) is 5.41 Å². The van der Waals surface area contributed by atoms with E-state index in [1.165, 1.54) is 53.9 Å². The van der Waals surface area contributed by atoms with E-state index in [0.717, 1.165) is 43.3 Å². The van der Waals surface area contributed by atoms with Gasteiger partial charge in [0.25, 0.3) is 0 Å². The van der Waals surface area contributed by atoms with Crippen molar-refractivity contribution < 1.29 is 0 Å². The van der Waals surface area contributed by atoms with Gasteiger partial charge in [0.15, 0.2) is 0 Å². The monoisotopic (exact) mass is 736 g/mol. The molecule has 0 saturated carbocycles. The molecule has 0 fully saturated rings. The zero-order chi connectivity index (χ0) is 36.3. The number of rotatable bonds is 6. The molecule has 8 aromatic carbocycles. The SMILES string of the molecule is c1ccc(C2(c3ccccc3)c3ccccc3-c3ccc(-c4cccc(-c5cc(-c6nc7ccccc7s6)cc(-c6nc7ccccc7s6)c5)c4)cc32)cc1. The third-order valence-electron chi connectivity index (χ3n) is 11.0. The summed E-state index contributed by atoms with van der Waals surface area (Å²) < 4.78 is 2.37. The van der Waals surface area contributed by atoms with Crippen LogP contribution in [-0.2, 0) is 5.41 Å². The van der Waals surface area contributed by atoms with Gasteiger partial charge in [-0.3, -0.25) is 0 Å². The van der Waals surface area contributed by atoms with E-state index in [2.05, 4.69) is 194 Å². The minimum Gasteiger partial charge on any atom is -0.236 e. The fraction of sp³-hybridized carbons (Fsp3) is 0.0196. The van der Waals surface area contributed by atoms with Crippen LogP contribution in [0.2, 0.25) is 0 Å². The van der Waals surface area contributed by atoms with Crippen molar-refractivity contribution in [2.75, 3.05) is 0 Å². The van der Waals surface area contributed by atoms with Crippen LogP contribution in [0, 0.1) is 0 Å². The van der Waals surface area contributed by atoms with Gasteiger partial charge in [0.2, 0.25) is 0 Å². The Labute approximate surface area is 327 Å². The molecule has 11 rings (SSSR count). The Morgan fingerprint density at radius 2 is 0.800 bits per heavy atom. The maximum absolute atomic E-state index is 5.08. The van der Waals surface area contributed by atoms with E-state index in [4.69, 9.17) is 9.97 Å². The van der Waals surface area contributed by atoms with Gasteiger partial charge in [-0.1, -0.05) is 140 Å². The Kier molecular flexibility index (Phi) is 7.48. The normalized spacial score (nSPS) is 12.9. The second-order valence-corrected chi connectivity index (χ2v) is 16.2. The van der Waals surface area contributed by atoms with Gasteiger partial charge >= 0.3 is 0 Å². The van der Waals surface area contributed by atoms with E-state index >= 15 is 0 Å². The number of benzene rings is 8. The molecule has 2 nitrogen and oxygen atoms in total. The van der Waals surface area contributed by atoms with Crippen molar-refractivity contribution in [3.05, 3.63) is 216 Å². The fourth-order valence-electron chi connectivity index (χ4n) is 8.53. The molecule has 0 atom stereocenters. The Morgan fingerprint density at radius 3 is 1.42 bits per heavy atom. The first-order valence-electron chi connectivity index (χ1n) is 18.6. The highest BCUT2D eigenvalue weighted by Gasteiger charge is 2.46. The van der Waals surface area contributed by atoms with E-state index in [1.54, 1.807) is 22.7 Å². The van der Waals surface area contributed by atoms with Gasteiger partial charge in [0, 0.05) is 11.1 Å². The number of nitrogens with zero attached hydrogens (tertiary/aromatic N) is 2. The number of hydrogen-bond donors (Lipinski definition) is 0. The second kappa shape index (κ2) is 12.8. The van der Waals surface area contributed by atoms with Crippen molar-refractivity contribution in [1.29, 1.82) is 0 Å². The van der Waals surface area contributed by atoms with Crippen LogP contribution in [0.1, 0.15) is 22.3 Å². The highest BCUT2D eigenvalue weighted by atomic mass is 32.1. The lowest BCUT2D eigenvalue weighted by molar-refractivity contribution is 0.769. The summed E-state index contributed by atoms with van der Waals surface area (Å²) in [5.41, 5.74) is 16.2. The average Bonchev–Trinajstić information content (AvgIpc) is 3.97. The topological polar surface area (TPSA) is 25.8 Å². The molecule has 258 valence electrons. The fourth-order valence-corrected chi connectivity index (χ4v) is 10.4. The summed E-state index contributed by atoms with van der Waals surface area (Å²) in [4.78, 5) is 10.2. The van der Waals surface area contributed by atoms with Gasteiger partial charge in [0.1, 0.15) is 10.0 Å². The summed E-state index contributed by atoms with van der Waals surface area (Å²) in [6.07, 6.45) is 0. The molecular formula is C51H32N2S2. The molecular weight excluding hydrogens is 705 g/mol. The number of thiazole rings is 2. The summed E-state index contributed by atoms with van der Waals surface area (Å²) in [6.45, 7) is 0. The van der Waals surface area contributed by atoms with E-state index in [1.807, 2.05) is 0 Å². The first-order chi connectivity index (χ1) is 27.2. The summed E-state index contributed by atoms with van der Waals surface area (Å²) in [5.74, 6) is 0. The van der Waals surface area contributed by atoms with Crippen LogP contribution in [0.25, 0.3) is 75.0 Å². The number of para-hydroxylation sites is 2. The molecule has 0 radical (unpaired) electrons. The van der Waals surface area contributed by atoms with Crippen LogP contribution < -0.4 is 0 Å². The molecule has 0 saturated heterocycles. The summed E-state index contributed by atoms with van der Waals surface area (Å²) >= 11 is 3.47. The number of aromatic nitrogens is 2. The molecule has 4 heteroatoms. The summed E-state index contributed by atoms with van der Waals surface area (Å²) in [7, 11) is 0. The summed E-state index contributed by atoms with van der Waals surface area (Å²) in [5, 5.41) is 2.02. The van der Waals surface area contributed by atoms with E-state index in [0.29, 0.717) is 0 Å². The Hall–Kier alpha value is -6.46. The minimum atomic E-state index is -0.445. The molecule has 0 bridgehead atoms. The maximum atomic E-state index is 5.08. The van der Waals surface area contributed by atoms with Crippen LogP contribution in [0.15, 0.2) is 194 Å². The average molecular weight is 737 g/mol. The lowest BCUT2D eigenvalue weighted by Crippen LogP contribution is -2.28. The zero-order valence-electron chi connectivity index (χ0n) is 29.7. The maximum Gasteiger partial charge on any atom is 0.124 e. The minimum absolute atomic E-state index is 0.445. The first kappa shape index (κ1) is 32.0. The third kappa shape index (κ3) is 5.21. The second-order valence-electron chi connectivity index (χ2n) is 14.1. The van der Waals surface area contributed by atoms with Gasteiger partial charge in [0.05, 0.1) is 25.8 Å². The van der Waals surface area contributed by atoms with Gasteiger partial charge in [-0.25, -0.2) is 9.97 Å². The highest BCUT2D eigenvalue weighted by Crippen LogP contribution is 2.56. The Balaban J connectivity index is 1.08. The highest BCUT2D eigenvalue weighted by molar-refractivity contribution is 7.22. The van der Waals surface area contributed by atoms with Crippen molar-refractivity contribution in [3.8, 4) is 54.5 Å². The van der Waals surface area contributed by atoms with Crippen LogP contribution in [0.4, 0.5) is 0 Å². The molecule has 0 spiro atoms. The Bertz CT molecular complexity index is 2850. The molecule has 0 amide bonds. The van der Waals surface area contributed by atoms with Crippen molar-refractivity contribution in [1.82, 2.24) is 9.97 Å². The van der Waals surface area contributed by atoms with Crippen molar-refractivity contribution in [2.24, 2.45) is 0 Å². The molecule has 0 N–H and O–H groups in total. The molecule has 2 aromatic heterocycles. The smallest absolute Gasteiger partial charge is 0.124 e. The van der Waals surface area contributed by atoms with Crippen molar-refractivity contribution >= 4 is 43.1 Å². The largest absolute Gasteiger partial charge is 0.236 e. The van der Waals surface area contributed by atoms with Crippen LogP contribution >= 0.6 is 22.7 Å². The van der Waals surface area contributed by atoms with Crippen molar-refractivity contribution in [3.63, 3.8) is 0 Å². The van der Waals surface area contributed by atoms with E-state index in [-0.39, 0.29) is 0 Å². The van der Waals surface area contributed by atoms with Gasteiger partial charge in [-0.15, -0.1) is 22.7 Å². The quantitative estimate of drug-likeness (QED) is 0.170. The first-order valence-corrected chi connectivity index (χ1v) is 20.2. The molecule has 2 heterocycles. The van der Waals surface area contributed by atoms with E-state index in [9.17, 15) is 0 Å². The van der Waals surface area contributed by atoms with Gasteiger partial charge in [-0.2, -0.15) is 0 Å².